The maximum atomic E-state index is 6.28. The summed E-state index contributed by atoms with van der Waals surface area (Å²) in [5, 5.41) is 2.11. The Kier molecular flexibility index (Phi) is 10.9. The lowest BCUT2D eigenvalue weighted by molar-refractivity contribution is 0.00199. The average Bonchev–Trinajstić information content (AvgIpc) is 1.43. The third-order valence-electron chi connectivity index (χ3n) is 22.5. The zero-order chi connectivity index (χ0) is 57.7. The van der Waals surface area contributed by atoms with Crippen molar-refractivity contribution in [3.63, 3.8) is 0 Å². The first-order valence-electron chi connectivity index (χ1n) is 32.0. The molecular formula is C84H63N3O. The summed E-state index contributed by atoms with van der Waals surface area (Å²) in [7, 11) is 0. The third kappa shape index (κ3) is 7.35. The van der Waals surface area contributed by atoms with Crippen molar-refractivity contribution in [2.75, 3.05) is 0 Å². The Morgan fingerprint density at radius 3 is 1.39 bits per heavy atom. The number of rotatable bonds is 5. The quantitative estimate of drug-likeness (QED) is 0.172. The monoisotopic (exact) mass is 1130 g/mol. The summed E-state index contributed by atoms with van der Waals surface area (Å²) in [4.78, 5) is 15.9. The van der Waals surface area contributed by atoms with E-state index >= 15 is 0 Å². The zero-order valence-electron chi connectivity index (χ0n) is 49.0. The van der Waals surface area contributed by atoms with E-state index in [9.17, 15) is 0 Å². The van der Waals surface area contributed by atoms with Gasteiger partial charge in [0.25, 0.3) is 0 Å². The van der Waals surface area contributed by atoms with E-state index in [0.29, 0.717) is 41.1 Å². The first-order valence-corrected chi connectivity index (χ1v) is 32.0. The molecule has 2 aromatic heterocycles. The van der Waals surface area contributed by atoms with Gasteiger partial charge in [0.15, 0.2) is 17.5 Å². The average molecular weight is 1130 g/mol. The molecule has 11 aromatic carbocycles. The van der Waals surface area contributed by atoms with Crippen molar-refractivity contribution < 1.29 is 4.42 Å². The van der Waals surface area contributed by atoms with Gasteiger partial charge in [0.1, 0.15) is 11.2 Å². The second kappa shape index (κ2) is 19.1. The van der Waals surface area contributed by atoms with Crippen LogP contribution in [0.5, 0.6) is 0 Å². The Morgan fingerprint density at radius 1 is 0.284 bits per heavy atom. The fraction of sp³-hybridized carbons (Fsp3) is 0.179. The summed E-state index contributed by atoms with van der Waals surface area (Å²) in [6.07, 6.45) is 9.38. The summed E-state index contributed by atoms with van der Waals surface area (Å²) >= 11 is 0. The largest absolute Gasteiger partial charge is 0.456 e. The predicted molar refractivity (Wildman–Crippen MR) is 357 cm³/mol. The highest BCUT2D eigenvalue weighted by molar-refractivity contribution is 6.06. The Hall–Kier alpha value is -9.77. The van der Waals surface area contributed by atoms with Gasteiger partial charge in [-0.05, 0) is 200 Å². The van der Waals surface area contributed by atoms with E-state index in [1.165, 1.54) is 82.2 Å². The molecule has 13 aromatic rings. The standard InChI is InChI=1S/C84H63N3O/c1-2-17-52(18-3-1)55-19-16-20-57(45-55)79-85-78(86-80(87-79)58-38-40-77-72(47-58)70-29-12-15-32-76(70)88-77)54-35-33-53(34-36-54)56-37-39-75-71(46-56)67-26-9-6-23-64(67)61-50-83-48-59(63-22-5-8-25-66(63)69-28-11-14-31-74(69)83)41-43-82-44-42-60(49-84(75,51-61)81(82)83)62-21-4-7-24-65(62)68-27-10-13-30-73(68)82/h1-40,45-47,59-61,81H,41-44,48-51H2. The first kappa shape index (κ1) is 50.4. The van der Waals surface area contributed by atoms with Crippen molar-refractivity contribution in [3.8, 4) is 89.8 Å². The summed E-state index contributed by atoms with van der Waals surface area (Å²) in [5.74, 6) is 3.46. The molecule has 2 heterocycles. The van der Waals surface area contributed by atoms with Crippen LogP contribution in [-0.4, -0.2) is 15.0 Å². The Bertz CT molecular complexity index is 5000. The molecule has 0 N–H and O–H groups in total. The fourth-order valence-electron chi connectivity index (χ4n) is 19.4. The number of furan rings is 1. The van der Waals surface area contributed by atoms with Crippen LogP contribution in [0.4, 0.5) is 0 Å². The second-order valence-corrected chi connectivity index (χ2v) is 26.6. The highest BCUT2D eigenvalue weighted by Crippen LogP contribution is 2.76. The lowest BCUT2D eigenvalue weighted by atomic mass is 9.40. The summed E-state index contributed by atoms with van der Waals surface area (Å²) in [5.41, 5.74) is 26.9. The molecule has 19 rings (SSSR count). The van der Waals surface area contributed by atoms with Crippen molar-refractivity contribution >= 4 is 21.9 Å². The highest BCUT2D eigenvalue weighted by Gasteiger charge is 2.69. The molecule has 3 saturated carbocycles. The number of fused-ring (bicyclic) bond motifs is 19. The molecule has 3 spiro atoms. The lowest BCUT2D eigenvalue weighted by Crippen LogP contribution is -2.60. The van der Waals surface area contributed by atoms with E-state index < -0.39 is 0 Å². The van der Waals surface area contributed by atoms with E-state index in [-0.39, 0.29) is 16.2 Å². The number of hydrogen-bond donors (Lipinski definition) is 0. The number of hydrogen-bond acceptors (Lipinski definition) is 4. The minimum atomic E-state index is -0.159. The van der Waals surface area contributed by atoms with Gasteiger partial charge in [0.05, 0.1) is 0 Å². The number of benzene rings is 11. The van der Waals surface area contributed by atoms with E-state index in [1.54, 1.807) is 27.8 Å². The number of aromatic nitrogens is 3. The molecule has 0 saturated heterocycles. The van der Waals surface area contributed by atoms with Crippen LogP contribution in [0, 0.1) is 5.92 Å². The van der Waals surface area contributed by atoms with E-state index in [1.807, 2.05) is 18.2 Å². The Morgan fingerprint density at radius 2 is 0.716 bits per heavy atom. The fourth-order valence-corrected chi connectivity index (χ4v) is 19.4. The molecule has 0 radical (unpaired) electrons. The molecule has 0 amide bonds. The Balaban J connectivity index is 0.795. The van der Waals surface area contributed by atoms with Gasteiger partial charge < -0.3 is 4.42 Å². The van der Waals surface area contributed by atoms with Crippen LogP contribution in [0.1, 0.15) is 103 Å². The summed E-state index contributed by atoms with van der Waals surface area (Å²) in [6, 6.07) is 98.9. The highest BCUT2D eigenvalue weighted by atomic mass is 16.3. The molecule has 0 aliphatic heterocycles. The molecule has 7 unspecified atom stereocenters. The van der Waals surface area contributed by atoms with Crippen LogP contribution < -0.4 is 0 Å². The minimum absolute atomic E-state index is 0.0693. The molecule has 420 valence electrons. The van der Waals surface area contributed by atoms with Gasteiger partial charge >= 0.3 is 0 Å². The third-order valence-corrected chi connectivity index (χ3v) is 22.5. The van der Waals surface area contributed by atoms with Crippen molar-refractivity contribution in [1.29, 1.82) is 0 Å². The van der Waals surface area contributed by atoms with Crippen LogP contribution >= 0.6 is 0 Å². The van der Waals surface area contributed by atoms with E-state index in [4.69, 9.17) is 19.4 Å². The van der Waals surface area contributed by atoms with Gasteiger partial charge in [0, 0.05) is 43.7 Å². The van der Waals surface area contributed by atoms with Gasteiger partial charge in [-0.2, -0.15) is 0 Å². The summed E-state index contributed by atoms with van der Waals surface area (Å²) in [6.45, 7) is 0. The SMILES string of the molecule is c1ccc(-c2cccc(-c3nc(-c4ccc(-c5ccc6c(c5)-c5ccccc5C5CC78CC(CCC9%10CCC(CC6(C5)C97)c5ccccc5-c5ccccc5%10)c5ccccc5-c5ccccc58)cc4)nc(-c4ccc5oc6ccccc6c5c4)n3)c2)cc1. The molecule has 6 aliphatic rings. The van der Waals surface area contributed by atoms with E-state index in [2.05, 4.69) is 243 Å². The van der Waals surface area contributed by atoms with E-state index in [0.717, 1.165) is 69.0 Å². The van der Waals surface area contributed by atoms with Crippen LogP contribution in [0.25, 0.3) is 112 Å². The first-order chi connectivity index (χ1) is 43.5. The molecule has 4 heteroatoms. The van der Waals surface area contributed by atoms with Gasteiger partial charge in [-0.3, -0.25) is 0 Å². The lowest BCUT2D eigenvalue weighted by Gasteiger charge is -2.63. The van der Waals surface area contributed by atoms with Gasteiger partial charge in [-0.25, -0.2) is 15.0 Å². The maximum Gasteiger partial charge on any atom is 0.164 e. The zero-order valence-corrected chi connectivity index (χ0v) is 49.0. The second-order valence-electron chi connectivity index (χ2n) is 26.6. The molecule has 6 aliphatic carbocycles. The minimum Gasteiger partial charge on any atom is -0.456 e. The maximum absolute atomic E-state index is 6.28. The molecule has 3 fully saturated rings. The normalized spacial score (nSPS) is 23.2. The van der Waals surface area contributed by atoms with Crippen molar-refractivity contribution in [3.05, 3.63) is 294 Å². The summed E-state index contributed by atoms with van der Waals surface area (Å²) < 4.78 is 6.28. The van der Waals surface area contributed by atoms with Gasteiger partial charge in [0.2, 0.25) is 0 Å². The van der Waals surface area contributed by atoms with Crippen LogP contribution in [0.3, 0.4) is 0 Å². The molecule has 4 nitrogen and oxygen atoms in total. The number of nitrogens with zero attached hydrogens (tertiary/aromatic N) is 3. The van der Waals surface area contributed by atoms with Crippen molar-refractivity contribution in [2.24, 2.45) is 5.92 Å². The Labute approximate surface area is 513 Å². The predicted octanol–water partition coefficient (Wildman–Crippen LogP) is 21.3. The van der Waals surface area contributed by atoms with Crippen LogP contribution in [0.15, 0.2) is 265 Å². The van der Waals surface area contributed by atoms with Gasteiger partial charge in [-0.15, -0.1) is 0 Å². The van der Waals surface area contributed by atoms with Crippen LogP contribution in [-0.2, 0) is 16.2 Å². The van der Waals surface area contributed by atoms with Gasteiger partial charge in [-0.1, -0.05) is 224 Å². The topological polar surface area (TPSA) is 51.8 Å². The number of para-hydroxylation sites is 1. The molecule has 6 bridgehead atoms. The van der Waals surface area contributed by atoms with Crippen molar-refractivity contribution in [2.45, 2.75) is 85.4 Å². The molecule has 7 atom stereocenters. The molecular weight excluding hydrogens is 1070 g/mol. The van der Waals surface area contributed by atoms with Crippen molar-refractivity contribution in [1.82, 2.24) is 15.0 Å². The smallest absolute Gasteiger partial charge is 0.164 e. The molecule has 88 heavy (non-hydrogen) atoms. The van der Waals surface area contributed by atoms with Crippen LogP contribution in [0.2, 0.25) is 0 Å².